The quantitative estimate of drug-likeness (QED) is 0.889. The van der Waals surface area contributed by atoms with Crippen LogP contribution in [0.2, 0.25) is 5.02 Å². The maximum atomic E-state index is 11.3. The van der Waals surface area contributed by atoms with E-state index in [9.17, 15) is 9.90 Å². The Morgan fingerprint density at radius 2 is 1.95 bits per heavy atom. The molecule has 2 N–H and O–H groups in total. The second-order valence-electron chi connectivity index (χ2n) is 3.82. The van der Waals surface area contributed by atoms with Gasteiger partial charge in [0.15, 0.2) is 6.04 Å². The van der Waals surface area contributed by atoms with Gasteiger partial charge in [-0.25, -0.2) is 4.79 Å². The highest BCUT2D eigenvalue weighted by atomic mass is 79.9. The zero-order chi connectivity index (χ0) is 13.8. The van der Waals surface area contributed by atoms with Crippen LogP contribution >= 0.6 is 27.5 Å². The summed E-state index contributed by atoms with van der Waals surface area (Å²) in [5, 5.41) is 12.8. The number of benzene rings is 1. The molecule has 0 saturated heterocycles. The lowest BCUT2D eigenvalue weighted by Gasteiger charge is -2.15. The number of carboxylic acids is 1. The normalized spacial score (nSPS) is 11.9. The number of nitrogens with zero attached hydrogens (tertiary/aromatic N) is 1. The number of aliphatic carboxylic acids is 1. The topological polar surface area (TPSA) is 62.2 Å². The minimum atomic E-state index is -0.996. The van der Waals surface area contributed by atoms with Crippen LogP contribution in [-0.4, -0.2) is 16.1 Å². The summed E-state index contributed by atoms with van der Waals surface area (Å²) in [7, 11) is 0. The highest BCUT2D eigenvalue weighted by molar-refractivity contribution is 9.10. The minimum Gasteiger partial charge on any atom is -0.479 e. The van der Waals surface area contributed by atoms with Crippen molar-refractivity contribution in [1.29, 1.82) is 0 Å². The maximum Gasteiger partial charge on any atom is 0.332 e. The number of hydrogen-bond donors (Lipinski definition) is 2. The summed E-state index contributed by atoms with van der Waals surface area (Å²) in [6, 6.07) is 9.33. The van der Waals surface area contributed by atoms with Crippen LogP contribution in [-0.2, 0) is 4.79 Å². The fourth-order valence-corrected chi connectivity index (χ4v) is 1.89. The highest BCUT2D eigenvalue weighted by Crippen LogP contribution is 2.21. The SMILES string of the molecule is O=C(O)C(Nc1ccc(Cl)cc1)c1ccc(Br)cn1. The number of anilines is 1. The number of carboxylic acid groups (broad SMARTS) is 1. The molecule has 1 heterocycles. The minimum absolute atomic E-state index is 0.436. The Labute approximate surface area is 123 Å². The molecule has 4 nitrogen and oxygen atoms in total. The van der Waals surface area contributed by atoms with Crippen molar-refractivity contribution in [2.24, 2.45) is 0 Å². The van der Waals surface area contributed by atoms with Crippen LogP contribution in [0.25, 0.3) is 0 Å². The molecule has 0 aliphatic heterocycles. The summed E-state index contributed by atoms with van der Waals surface area (Å²) in [5.74, 6) is -0.996. The van der Waals surface area contributed by atoms with E-state index >= 15 is 0 Å². The van der Waals surface area contributed by atoms with Crippen molar-refractivity contribution in [1.82, 2.24) is 4.98 Å². The number of carbonyl (C=O) groups is 1. The molecule has 0 saturated carbocycles. The van der Waals surface area contributed by atoms with Crippen molar-refractivity contribution >= 4 is 39.2 Å². The van der Waals surface area contributed by atoms with E-state index in [0.717, 1.165) is 4.47 Å². The second-order valence-corrected chi connectivity index (χ2v) is 5.18. The van der Waals surface area contributed by atoms with Gasteiger partial charge in [-0.15, -0.1) is 0 Å². The molecule has 2 aromatic rings. The van der Waals surface area contributed by atoms with E-state index < -0.39 is 12.0 Å². The van der Waals surface area contributed by atoms with E-state index in [1.165, 1.54) is 0 Å². The molecule has 0 radical (unpaired) electrons. The van der Waals surface area contributed by atoms with Crippen molar-refractivity contribution < 1.29 is 9.90 Å². The van der Waals surface area contributed by atoms with Crippen molar-refractivity contribution in [3.05, 3.63) is 57.8 Å². The number of pyridine rings is 1. The van der Waals surface area contributed by atoms with Crippen molar-refractivity contribution in [3.8, 4) is 0 Å². The predicted octanol–water partition coefficient (Wildman–Crippen LogP) is 3.74. The van der Waals surface area contributed by atoms with Gasteiger partial charge in [-0.3, -0.25) is 4.98 Å². The zero-order valence-corrected chi connectivity index (χ0v) is 12.0. The van der Waals surface area contributed by atoms with Gasteiger partial charge in [0.05, 0.1) is 5.69 Å². The third kappa shape index (κ3) is 3.68. The molecule has 19 heavy (non-hydrogen) atoms. The first-order chi connectivity index (χ1) is 9.06. The summed E-state index contributed by atoms with van der Waals surface area (Å²) in [6.07, 6.45) is 1.56. The Kier molecular flexibility index (Phi) is 4.39. The molecule has 0 spiro atoms. The van der Waals surface area contributed by atoms with Gasteiger partial charge in [0, 0.05) is 21.4 Å². The Morgan fingerprint density at radius 3 is 2.47 bits per heavy atom. The van der Waals surface area contributed by atoms with Crippen molar-refractivity contribution in [2.75, 3.05) is 5.32 Å². The highest BCUT2D eigenvalue weighted by Gasteiger charge is 2.20. The van der Waals surface area contributed by atoms with Gasteiger partial charge in [0.1, 0.15) is 0 Å². The van der Waals surface area contributed by atoms with E-state index in [1.807, 2.05) is 0 Å². The van der Waals surface area contributed by atoms with Gasteiger partial charge in [0.25, 0.3) is 0 Å². The monoisotopic (exact) mass is 340 g/mol. The number of hydrogen-bond acceptors (Lipinski definition) is 3. The van der Waals surface area contributed by atoms with Crippen LogP contribution in [0.5, 0.6) is 0 Å². The van der Waals surface area contributed by atoms with Gasteiger partial charge < -0.3 is 10.4 Å². The van der Waals surface area contributed by atoms with Crippen LogP contribution in [0.1, 0.15) is 11.7 Å². The van der Waals surface area contributed by atoms with Crippen LogP contribution in [0.3, 0.4) is 0 Å². The van der Waals surface area contributed by atoms with Crippen molar-refractivity contribution in [2.45, 2.75) is 6.04 Å². The standard InChI is InChI=1S/C13H10BrClN2O2/c14-8-1-6-11(16-7-8)12(13(18)19)17-10-4-2-9(15)3-5-10/h1-7,12,17H,(H,18,19). The smallest absolute Gasteiger partial charge is 0.332 e. The molecule has 6 heteroatoms. The fraction of sp³-hybridized carbons (Fsp3) is 0.0769. The van der Waals surface area contributed by atoms with Crippen LogP contribution in [0.15, 0.2) is 47.1 Å². The molecule has 0 bridgehead atoms. The zero-order valence-electron chi connectivity index (χ0n) is 9.68. The lowest BCUT2D eigenvalue weighted by Crippen LogP contribution is -2.21. The summed E-state index contributed by atoms with van der Waals surface area (Å²) in [5.41, 5.74) is 1.10. The first-order valence-electron chi connectivity index (χ1n) is 5.42. The average Bonchev–Trinajstić information content (AvgIpc) is 2.39. The molecule has 0 aliphatic rings. The van der Waals surface area contributed by atoms with E-state index in [2.05, 4.69) is 26.2 Å². The van der Waals surface area contributed by atoms with Crippen LogP contribution < -0.4 is 5.32 Å². The van der Waals surface area contributed by atoms with Gasteiger partial charge >= 0.3 is 5.97 Å². The summed E-state index contributed by atoms with van der Waals surface area (Å²) < 4.78 is 0.798. The molecule has 0 aliphatic carbocycles. The molecule has 1 unspecified atom stereocenters. The van der Waals surface area contributed by atoms with E-state index in [-0.39, 0.29) is 0 Å². The summed E-state index contributed by atoms with van der Waals surface area (Å²) in [6.45, 7) is 0. The molecule has 1 aromatic carbocycles. The van der Waals surface area contributed by atoms with Crippen molar-refractivity contribution in [3.63, 3.8) is 0 Å². The average molecular weight is 342 g/mol. The fourth-order valence-electron chi connectivity index (χ4n) is 1.53. The second kappa shape index (κ2) is 6.04. The number of rotatable bonds is 4. The summed E-state index contributed by atoms with van der Waals surface area (Å²) in [4.78, 5) is 15.4. The molecule has 1 atom stereocenters. The van der Waals surface area contributed by atoms with E-state index in [0.29, 0.717) is 16.4 Å². The number of aromatic nitrogens is 1. The molecule has 0 amide bonds. The van der Waals surface area contributed by atoms with E-state index in [1.54, 1.807) is 42.6 Å². The first kappa shape index (κ1) is 13.8. The third-order valence-corrected chi connectivity index (χ3v) is 3.17. The molecule has 0 fully saturated rings. The molecule has 98 valence electrons. The largest absolute Gasteiger partial charge is 0.479 e. The van der Waals surface area contributed by atoms with Gasteiger partial charge in [-0.05, 0) is 52.3 Å². The lowest BCUT2D eigenvalue weighted by atomic mass is 10.1. The first-order valence-corrected chi connectivity index (χ1v) is 6.60. The molecular weight excluding hydrogens is 332 g/mol. The van der Waals surface area contributed by atoms with Crippen LogP contribution in [0.4, 0.5) is 5.69 Å². The van der Waals surface area contributed by atoms with Gasteiger partial charge in [-0.2, -0.15) is 0 Å². The summed E-state index contributed by atoms with van der Waals surface area (Å²) >= 11 is 9.04. The predicted molar refractivity (Wildman–Crippen MR) is 77.4 cm³/mol. The lowest BCUT2D eigenvalue weighted by molar-refractivity contribution is -0.138. The molecular formula is C13H10BrClN2O2. The molecule has 2 rings (SSSR count). The third-order valence-electron chi connectivity index (χ3n) is 2.45. The molecule has 1 aromatic heterocycles. The number of halogens is 2. The van der Waals surface area contributed by atoms with E-state index in [4.69, 9.17) is 11.6 Å². The number of nitrogens with one attached hydrogen (secondary N) is 1. The Balaban J connectivity index is 2.23. The van der Waals surface area contributed by atoms with Gasteiger partial charge in [0.2, 0.25) is 0 Å². The maximum absolute atomic E-state index is 11.3. The van der Waals surface area contributed by atoms with Crippen LogP contribution in [0, 0.1) is 0 Å². The Morgan fingerprint density at radius 1 is 1.26 bits per heavy atom. The van der Waals surface area contributed by atoms with Gasteiger partial charge in [-0.1, -0.05) is 11.6 Å². The Hall–Kier alpha value is -1.59. The Bertz CT molecular complexity index is 572.